The van der Waals surface area contributed by atoms with Gasteiger partial charge in [0, 0.05) is 16.8 Å². The minimum Gasteiger partial charge on any atom is -0.333 e. The van der Waals surface area contributed by atoms with Crippen molar-refractivity contribution in [1.82, 2.24) is 15.5 Å². The largest absolute Gasteiger partial charge is 0.333 e. The number of carbonyl (C=O) groups is 2. The van der Waals surface area contributed by atoms with Crippen LogP contribution in [0, 0.1) is 0 Å². The third-order valence-corrected chi connectivity index (χ3v) is 4.88. The number of anilines is 1. The number of nitrogens with one attached hydrogen (secondary N) is 2. The summed E-state index contributed by atoms with van der Waals surface area (Å²) in [6.07, 6.45) is 0. The summed E-state index contributed by atoms with van der Waals surface area (Å²) < 4.78 is 5.18. The van der Waals surface area contributed by atoms with Crippen molar-refractivity contribution in [3.8, 4) is 10.8 Å². The van der Waals surface area contributed by atoms with Gasteiger partial charge >= 0.3 is 6.03 Å². The lowest BCUT2D eigenvalue weighted by atomic mass is 10.0. The third-order valence-electron chi connectivity index (χ3n) is 4.03. The number of amides is 2. The van der Waals surface area contributed by atoms with Gasteiger partial charge in [-0.1, -0.05) is 53.7 Å². The van der Waals surface area contributed by atoms with Gasteiger partial charge < -0.3 is 15.2 Å². The molecule has 2 N–H and O–H groups in total. The van der Waals surface area contributed by atoms with E-state index >= 15 is 0 Å². The van der Waals surface area contributed by atoms with Crippen molar-refractivity contribution < 1.29 is 14.1 Å². The summed E-state index contributed by atoms with van der Waals surface area (Å²) in [5.41, 5.74) is 1.59. The van der Waals surface area contributed by atoms with Crippen LogP contribution in [0.25, 0.3) is 10.8 Å². The zero-order valence-electron chi connectivity index (χ0n) is 15.2. The van der Waals surface area contributed by atoms with Gasteiger partial charge in [0.05, 0.1) is 11.4 Å². The zero-order valence-corrected chi connectivity index (χ0v) is 16.0. The highest BCUT2D eigenvalue weighted by atomic mass is 32.1. The number of benzene rings is 2. The Morgan fingerprint density at radius 2 is 1.79 bits per heavy atom. The van der Waals surface area contributed by atoms with E-state index in [1.54, 1.807) is 36.4 Å². The van der Waals surface area contributed by atoms with Crippen LogP contribution in [-0.2, 0) is 6.54 Å². The van der Waals surface area contributed by atoms with Gasteiger partial charge in [0.2, 0.25) is 0 Å². The van der Waals surface area contributed by atoms with E-state index < -0.39 is 6.03 Å². The van der Waals surface area contributed by atoms with E-state index in [1.807, 2.05) is 35.7 Å². The Kier molecular flexibility index (Phi) is 5.44. The molecule has 29 heavy (non-hydrogen) atoms. The van der Waals surface area contributed by atoms with E-state index in [4.69, 9.17) is 4.52 Å². The first-order valence-corrected chi connectivity index (χ1v) is 9.68. The minimum absolute atomic E-state index is 0.109. The van der Waals surface area contributed by atoms with Crippen LogP contribution in [-0.4, -0.2) is 22.0 Å². The average molecular weight is 404 g/mol. The van der Waals surface area contributed by atoms with E-state index in [0.29, 0.717) is 28.5 Å². The minimum atomic E-state index is -0.434. The van der Waals surface area contributed by atoms with Crippen LogP contribution in [0.3, 0.4) is 0 Å². The van der Waals surface area contributed by atoms with Crippen LogP contribution < -0.4 is 10.6 Å². The van der Waals surface area contributed by atoms with Gasteiger partial charge in [0.15, 0.2) is 11.6 Å². The summed E-state index contributed by atoms with van der Waals surface area (Å²) in [6, 6.07) is 19.1. The van der Waals surface area contributed by atoms with Gasteiger partial charge in [0.25, 0.3) is 5.89 Å². The summed E-state index contributed by atoms with van der Waals surface area (Å²) in [5, 5.41) is 11.2. The van der Waals surface area contributed by atoms with E-state index in [0.717, 1.165) is 4.88 Å². The number of nitrogens with zero attached hydrogens (tertiary/aromatic N) is 2. The fraction of sp³-hybridized carbons (Fsp3) is 0.0476. The van der Waals surface area contributed by atoms with Gasteiger partial charge in [-0.25, -0.2) is 4.79 Å². The first kappa shape index (κ1) is 18.6. The molecular weight excluding hydrogens is 388 g/mol. The lowest BCUT2D eigenvalue weighted by molar-refractivity contribution is 0.103. The molecule has 0 aliphatic carbocycles. The molecule has 2 aromatic carbocycles. The van der Waals surface area contributed by atoms with Gasteiger partial charge in [0.1, 0.15) is 0 Å². The van der Waals surface area contributed by atoms with Gasteiger partial charge in [-0.15, -0.1) is 11.3 Å². The summed E-state index contributed by atoms with van der Waals surface area (Å²) in [6.45, 7) is 0.114. The highest BCUT2D eigenvalue weighted by molar-refractivity contribution is 7.13. The van der Waals surface area contributed by atoms with E-state index in [-0.39, 0.29) is 12.3 Å². The molecule has 0 aliphatic rings. The number of hydrogen-bond donors (Lipinski definition) is 2. The molecule has 4 rings (SSSR count). The highest BCUT2D eigenvalue weighted by Crippen LogP contribution is 2.22. The second-order valence-corrected chi connectivity index (χ2v) is 7.02. The molecule has 0 atom stereocenters. The standard InChI is InChI=1S/C21H16N4O3S/c26-19(14-6-2-1-3-7-14)15-8-4-9-16(12-15)23-21(27)22-13-18-24-20(28-25-18)17-10-5-11-29-17/h1-12H,13H2,(H2,22,23,27). The molecule has 144 valence electrons. The molecular formula is C21H16N4O3S. The molecule has 2 aromatic heterocycles. The van der Waals surface area contributed by atoms with Crippen LogP contribution >= 0.6 is 11.3 Å². The second kappa shape index (κ2) is 8.49. The third kappa shape index (κ3) is 4.56. The molecule has 7 nitrogen and oxygen atoms in total. The van der Waals surface area contributed by atoms with Crippen LogP contribution in [0.1, 0.15) is 21.7 Å². The van der Waals surface area contributed by atoms with Crippen LogP contribution in [0.2, 0.25) is 0 Å². The van der Waals surface area contributed by atoms with Gasteiger partial charge in [-0.3, -0.25) is 4.79 Å². The lowest BCUT2D eigenvalue weighted by Crippen LogP contribution is -2.28. The molecule has 0 fully saturated rings. The fourth-order valence-corrected chi connectivity index (χ4v) is 3.30. The fourth-order valence-electron chi connectivity index (χ4n) is 2.66. The smallest absolute Gasteiger partial charge is 0.319 e. The first-order chi connectivity index (χ1) is 14.2. The number of thiophene rings is 1. The normalized spacial score (nSPS) is 10.5. The average Bonchev–Trinajstić information content (AvgIpc) is 3.44. The second-order valence-electron chi connectivity index (χ2n) is 6.08. The summed E-state index contributed by atoms with van der Waals surface area (Å²) in [5.74, 6) is 0.684. The lowest BCUT2D eigenvalue weighted by Gasteiger charge is -2.08. The number of aromatic nitrogens is 2. The number of urea groups is 1. The zero-order chi connectivity index (χ0) is 20.1. The molecule has 4 aromatic rings. The van der Waals surface area contributed by atoms with Crippen molar-refractivity contribution in [2.24, 2.45) is 0 Å². The number of carbonyl (C=O) groups excluding carboxylic acids is 2. The van der Waals surface area contributed by atoms with Gasteiger partial charge in [-0.05, 0) is 23.6 Å². The summed E-state index contributed by atoms with van der Waals surface area (Å²) >= 11 is 1.49. The maximum Gasteiger partial charge on any atom is 0.319 e. The van der Waals surface area contributed by atoms with Crippen molar-refractivity contribution in [2.45, 2.75) is 6.54 Å². The Labute approximate surface area is 170 Å². The Hall–Kier alpha value is -3.78. The van der Waals surface area contributed by atoms with Crippen molar-refractivity contribution >= 4 is 28.8 Å². The molecule has 0 saturated carbocycles. The number of hydrogen-bond acceptors (Lipinski definition) is 6. The molecule has 0 aliphatic heterocycles. The van der Waals surface area contributed by atoms with E-state index in [1.165, 1.54) is 11.3 Å². The Balaban J connectivity index is 1.36. The Bertz CT molecular complexity index is 1120. The van der Waals surface area contributed by atoms with Crippen molar-refractivity contribution in [3.63, 3.8) is 0 Å². The molecule has 0 unspecified atom stereocenters. The SMILES string of the molecule is O=C(NCc1noc(-c2cccs2)n1)Nc1cccc(C(=O)c2ccccc2)c1. The van der Waals surface area contributed by atoms with Crippen molar-refractivity contribution in [3.05, 3.63) is 89.1 Å². The monoisotopic (exact) mass is 404 g/mol. The molecule has 2 heterocycles. The topological polar surface area (TPSA) is 97.1 Å². The summed E-state index contributed by atoms with van der Waals surface area (Å²) in [4.78, 5) is 29.8. The molecule has 0 bridgehead atoms. The Morgan fingerprint density at radius 3 is 2.59 bits per heavy atom. The first-order valence-electron chi connectivity index (χ1n) is 8.80. The quantitative estimate of drug-likeness (QED) is 0.466. The van der Waals surface area contributed by atoms with E-state index in [2.05, 4.69) is 20.8 Å². The van der Waals surface area contributed by atoms with Crippen molar-refractivity contribution in [1.29, 1.82) is 0 Å². The summed E-state index contributed by atoms with van der Waals surface area (Å²) in [7, 11) is 0. The molecule has 0 saturated heterocycles. The maximum absolute atomic E-state index is 12.5. The number of ketones is 1. The predicted molar refractivity (Wildman–Crippen MR) is 110 cm³/mol. The number of rotatable bonds is 6. The molecule has 0 spiro atoms. The predicted octanol–water partition coefficient (Wildman–Crippen LogP) is 4.35. The van der Waals surface area contributed by atoms with Gasteiger partial charge in [-0.2, -0.15) is 4.98 Å². The molecule has 8 heteroatoms. The molecule has 0 radical (unpaired) electrons. The maximum atomic E-state index is 12.5. The van der Waals surface area contributed by atoms with Crippen LogP contribution in [0.15, 0.2) is 76.6 Å². The van der Waals surface area contributed by atoms with Crippen LogP contribution in [0.5, 0.6) is 0 Å². The highest BCUT2D eigenvalue weighted by Gasteiger charge is 2.12. The van der Waals surface area contributed by atoms with Crippen molar-refractivity contribution in [2.75, 3.05) is 5.32 Å². The van der Waals surface area contributed by atoms with E-state index in [9.17, 15) is 9.59 Å². The Morgan fingerprint density at radius 1 is 0.966 bits per heavy atom. The molecule has 2 amide bonds. The van der Waals surface area contributed by atoms with Crippen LogP contribution in [0.4, 0.5) is 10.5 Å².